The number of amides is 10. The maximum Gasteiger partial charge on any atom is 0.415 e. The summed E-state index contributed by atoms with van der Waals surface area (Å²) in [4.78, 5) is 143. The number of aliphatic hydroxyl groups excluding tert-OH is 1. The maximum absolute atomic E-state index is 14.6. The molecule has 480 valence electrons. The number of H-pyrrole nitrogens is 1. The number of ether oxygens (including phenoxy) is 4. The lowest BCUT2D eigenvalue weighted by atomic mass is 9.89. The summed E-state index contributed by atoms with van der Waals surface area (Å²) in [6.45, 7) is 4.36. The van der Waals surface area contributed by atoms with Gasteiger partial charge >= 0.3 is 24.3 Å². The smallest absolute Gasteiger partial charge is 0.415 e. The summed E-state index contributed by atoms with van der Waals surface area (Å²) < 4.78 is 22.4. The first-order chi connectivity index (χ1) is 43.6. The monoisotopic (exact) mass is 1270 g/mol. The summed E-state index contributed by atoms with van der Waals surface area (Å²) in [5.74, 6) is -4.39. The van der Waals surface area contributed by atoms with Gasteiger partial charge in [0.15, 0.2) is 12.5 Å². The zero-order valence-electron chi connectivity index (χ0n) is 50.3. The lowest BCUT2D eigenvalue weighted by Crippen LogP contribution is -2.47. The number of aromatic nitrogens is 2. The van der Waals surface area contributed by atoms with Crippen LogP contribution in [0.1, 0.15) is 76.6 Å². The molecule has 2 aliphatic rings. The van der Waals surface area contributed by atoms with Crippen LogP contribution >= 0.6 is 11.6 Å². The van der Waals surface area contributed by atoms with E-state index in [2.05, 4.69) is 31.2 Å². The van der Waals surface area contributed by atoms with Gasteiger partial charge in [-0.1, -0.05) is 44.2 Å². The van der Waals surface area contributed by atoms with Gasteiger partial charge in [-0.15, -0.1) is 11.6 Å². The molecule has 9 N–H and O–H groups in total. The number of aliphatic hydroxyl groups is 1. The number of imide groups is 1. The molecular formula is C63H70ClN11O16. The lowest BCUT2D eigenvalue weighted by molar-refractivity contribution is -0.141. The predicted molar refractivity (Wildman–Crippen MR) is 333 cm³/mol. The van der Waals surface area contributed by atoms with Crippen molar-refractivity contribution in [3.63, 3.8) is 0 Å². The Labute approximate surface area is 527 Å². The second kappa shape index (κ2) is 30.9. The highest BCUT2D eigenvalue weighted by molar-refractivity contribution is 6.20. The molecule has 10 amide bonds. The average molecular weight is 1270 g/mol. The molecule has 0 spiro atoms. The Bertz CT molecular complexity index is 3730. The summed E-state index contributed by atoms with van der Waals surface area (Å²) in [6.07, 6.45) is 1.03. The lowest BCUT2D eigenvalue weighted by Gasteiger charge is -2.26. The minimum atomic E-state index is -1.12. The predicted octanol–water partition coefficient (Wildman–Crippen LogP) is 6.64. The first-order valence-electron chi connectivity index (χ1n) is 29.1. The number of halogens is 1. The summed E-state index contributed by atoms with van der Waals surface area (Å²) >= 11 is 6.64. The van der Waals surface area contributed by atoms with Crippen LogP contribution in [-0.2, 0) is 40.0 Å². The zero-order chi connectivity index (χ0) is 65.5. The number of urea groups is 1. The molecule has 0 bridgehead atoms. The molecule has 2 aliphatic heterocycles. The van der Waals surface area contributed by atoms with Crippen molar-refractivity contribution in [2.75, 3.05) is 87.7 Å². The topological polar surface area (TPSA) is 364 Å². The largest absolute Gasteiger partial charge is 0.508 e. The van der Waals surface area contributed by atoms with Crippen LogP contribution in [0, 0.1) is 18.8 Å². The highest BCUT2D eigenvalue weighted by Gasteiger charge is 2.37. The molecule has 4 heterocycles. The number of alkyl carbamates (subject to hydrolysis) is 1. The van der Waals surface area contributed by atoms with E-state index >= 15 is 0 Å². The number of aromatic amines is 1. The van der Waals surface area contributed by atoms with Gasteiger partial charge in [0.05, 0.1) is 43.3 Å². The summed E-state index contributed by atoms with van der Waals surface area (Å²) in [5, 5.41) is 31.4. The van der Waals surface area contributed by atoms with Gasteiger partial charge in [-0.05, 0) is 96.3 Å². The van der Waals surface area contributed by atoms with Gasteiger partial charge in [0, 0.05) is 104 Å². The molecule has 27 nitrogen and oxygen atoms in total. The molecule has 0 radical (unpaired) electrons. The molecule has 3 atom stereocenters. The number of primary amides is 1. The number of fused-ring (bicyclic) bond motifs is 4. The molecule has 0 fully saturated rings. The Kier molecular flexibility index (Phi) is 22.7. The SMILES string of the molecule is Cc1cccc2c(OC(=O)N(CCOCCO)CCN(C)C(=O)OCc3ccc(NC(=O)[C@H](CCCNC(N)=O)CC(=O)[C@@H](NC(=O)OCN4C(=O)C=CC4=O)C(C)C)cc3)cc3c(c12)[C@H](CCl)CN3C(=O)c1cc2cc(NC(=O)c3ccc(O)cc3)ncc2[nH]1. The highest BCUT2D eigenvalue weighted by atomic mass is 35.5. The molecule has 6 aromatic rings. The van der Waals surface area contributed by atoms with Crippen molar-refractivity contribution in [3.8, 4) is 11.5 Å². The number of carbonyl (C=O) groups excluding carboxylic acids is 10. The van der Waals surface area contributed by atoms with Gasteiger partial charge in [-0.25, -0.2) is 29.1 Å². The van der Waals surface area contributed by atoms with Crippen LogP contribution in [-0.4, -0.2) is 173 Å². The Morgan fingerprint density at radius 3 is 2.32 bits per heavy atom. The van der Waals surface area contributed by atoms with Crippen molar-refractivity contribution in [1.29, 1.82) is 0 Å². The summed E-state index contributed by atoms with van der Waals surface area (Å²) in [5.41, 5.74) is 9.26. The van der Waals surface area contributed by atoms with E-state index in [1.54, 1.807) is 61.2 Å². The van der Waals surface area contributed by atoms with Gasteiger partial charge < -0.3 is 75.8 Å². The number of nitrogens with one attached hydrogen (secondary N) is 5. The number of ketones is 1. The molecule has 0 saturated heterocycles. The van der Waals surface area contributed by atoms with Crippen LogP contribution in [0.25, 0.3) is 21.7 Å². The molecule has 8 rings (SSSR count). The Balaban J connectivity index is 0.894. The molecule has 0 unspecified atom stereocenters. The number of pyridine rings is 1. The van der Waals surface area contributed by atoms with Crippen molar-refractivity contribution in [2.24, 2.45) is 17.6 Å². The summed E-state index contributed by atoms with van der Waals surface area (Å²) in [6, 6.07) is 20.7. The first kappa shape index (κ1) is 66.8. The maximum atomic E-state index is 14.6. The van der Waals surface area contributed by atoms with Crippen LogP contribution in [0.4, 0.5) is 36.4 Å². The number of hydrogen-bond acceptors (Lipinski definition) is 17. The van der Waals surface area contributed by atoms with Crippen LogP contribution in [0.2, 0.25) is 0 Å². The number of hydrogen-bond donors (Lipinski definition) is 8. The number of Topliss-reactive ketones (excluding diaryl/α,β-unsaturated/α-hetero) is 1. The van der Waals surface area contributed by atoms with Gasteiger partial charge in [-0.3, -0.25) is 28.8 Å². The van der Waals surface area contributed by atoms with Gasteiger partial charge in [-0.2, -0.15) is 0 Å². The van der Waals surface area contributed by atoms with Crippen molar-refractivity contribution >= 4 is 110 Å². The van der Waals surface area contributed by atoms with Crippen molar-refractivity contribution in [3.05, 3.63) is 131 Å². The third kappa shape index (κ3) is 17.2. The van der Waals surface area contributed by atoms with E-state index < -0.39 is 84.2 Å². The third-order valence-electron chi connectivity index (χ3n) is 15.1. The minimum Gasteiger partial charge on any atom is -0.508 e. The number of phenols is 1. The number of aryl methyl sites for hydroxylation is 1. The van der Waals surface area contributed by atoms with E-state index in [-0.39, 0.29) is 113 Å². The van der Waals surface area contributed by atoms with Gasteiger partial charge in [0.25, 0.3) is 23.6 Å². The highest BCUT2D eigenvalue weighted by Crippen LogP contribution is 2.47. The van der Waals surface area contributed by atoms with Gasteiger partial charge in [0.1, 0.15) is 29.6 Å². The number of benzene rings is 4. The third-order valence-corrected chi connectivity index (χ3v) is 15.5. The van der Waals surface area contributed by atoms with Crippen molar-refractivity contribution in [1.82, 2.24) is 35.3 Å². The number of nitrogens with zero attached hydrogens (tertiary/aromatic N) is 5. The molecule has 28 heteroatoms. The standard InChI is InChI=1S/C63H70ClN11O16/c1-36(2)56(71-61(85)90-35-75-52(79)18-19-53(75)80)49(78)28-40(8-6-20-66-60(65)84)58(82)68-43-14-10-38(11-15-43)34-89-62(86)72(4)21-22-73(23-25-88-26-24-76)63(87)91-50-30-48-55(54-37(3)7-5-9-45(50)54)42(31-64)33-74(48)59(83)46-27-41-29-51(67-32-47(41)69-46)70-57(81)39-12-16-44(77)17-13-39/h5,7,9-19,27,29-30,32,36,40,42,56,69,76-77H,6,8,20-26,28,31,33-35H2,1-4H3,(H,68,82)(H,71,85)(H3,65,66,84)(H,67,70,81)/t40-,42-,56+/m1/s1. The number of aromatic hydroxyl groups is 1. The number of rotatable bonds is 28. The van der Waals surface area contributed by atoms with E-state index in [9.17, 15) is 58.2 Å². The van der Waals surface area contributed by atoms with Crippen LogP contribution in [0.3, 0.4) is 0 Å². The Morgan fingerprint density at radius 2 is 1.63 bits per heavy atom. The van der Waals surface area contributed by atoms with Crippen LogP contribution in [0.5, 0.6) is 11.5 Å². The van der Waals surface area contributed by atoms with E-state index in [4.69, 9.17) is 36.3 Å². The second-order valence-corrected chi connectivity index (χ2v) is 22.2. The van der Waals surface area contributed by atoms with E-state index in [0.29, 0.717) is 43.7 Å². The molecule has 4 aromatic carbocycles. The number of anilines is 3. The molecular weight excluding hydrogens is 1200 g/mol. The quantitative estimate of drug-likeness (QED) is 0.0145. The fourth-order valence-electron chi connectivity index (χ4n) is 10.3. The Hall–Kier alpha value is -10.1. The molecule has 91 heavy (non-hydrogen) atoms. The molecule has 0 saturated carbocycles. The normalized spacial score (nSPS) is 14.0. The number of alkyl halides is 1. The second-order valence-electron chi connectivity index (χ2n) is 21.9. The number of phenolic OH excluding ortho intramolecular Hbond substituents is 1. The number of nitrogens with two attached hydrogens (primary N) is 1. The van der Waals surface area contributed by atoms with E-state index in [1.807, 2.05) is 25.1 Å². The fourth-order valence-corrected chi connectivity index (χ4v) is 10.6. The van der Waals surface area contributed by atoms with E-state index in [0.717, 1.165) is 28.7 Å². The zero-order valence-corrected chi connectivity index (χ0v) is 51.1. The van der Waals surface area contributed by atoms with Crippen LogP contribution < -0.4 is 36.6 Å². The fraction of sp³-hybridized carbons (Fsp3) is 0.349. The van der Waals surface area contributed by atoms with Crippen LogP contribution in [0.15, 0.2) is 103 Å². The molecule has 2 aromatic heterocycles. The number of likely N-dealkylation sites (N-methyl/N-ethyl adjacent to an activating group) is 1. The number of carbonyl (C=O) groups is 10. The minimum absolute atomic E-state index is 0.00221. The first-order valence-corrected chi connectivity index (χ1v) is 29.6. The van der Waals surface area contributed by atoms with Gasteiger partial charge in [0.2, 0.25) is 5.91 Å². The van der Waals surface area contributed by atoms with Crippen molar-refractivity contribution in [2.45, 2.75) is 58.6 Å². The van der Waals surface area contributed by atoms with Crippen molar-refractivity contribution < 1.29 is 77.1 Å². The average Bonchev–Trinajstić information content (AvgIpc) is 1.64. The summed E-state index contributed by atoms with van der Waals surface area (Å²) in [7, 11) is 1.48. The Morgan fingerprint density at radius 1 is 0.890 bits per heavy atom. The molecule has 0 aliphatic carbocycles. The van der Waals surface area contributed by atoms with E-state index in [1.165, 1.54) is 47.3 Å².